The largest absolute Gasteiger partial charge is 0.419 e. The van der Waals surface area contributed by atoms with Crippen molar-refractivity contribution in [1.29, 1.82) is 0 Å². The lowest BCUT2D eigenvalue weighted by molar-refractivity contribution is -0.263. The monoisotopic (exact) mass is 282 g/mol. The molecule has 0 heterocycles. The molecule has 114 valence electrons. The zero-order chi connectivity index (χ0) is 16.0. The first-order valence-electron chi connectivity index (χ1n) is 6.85. The molecule has 0 radical (unpaired) electrons. The molecule has 4 nitrogen and oxygen atoms in total. The maximum atomic E-state index is 11.6. The van der Waals surface area contributed by atoms with Gasteiger partial charge in [0.15, 0.2) is 0 Å². The van der Waals surface area contributed by atoms with Crippen LogP contribution in [0.1, 0.15) is 47.5 Å². The first-order valence-corrected chi connectivity index (χ1v) is 6.85. The summed E-state index contributed by atoms with van der Waals surface area (Å²) >= 11 is 0. The third-order valence-corrected chi connectivity index (χ3v) is 4.05. The predicted molar refractivity (Wildman–Crippen MR) is 78.8 cm³/mol. The lowest BCUT2D eigenvalue weighted by Gasteiger charge is -2.45. The SMILES string of the molecule is C=CC(=O)OC(C)(OC(=O)C=C)C(C)(C)C(C)CCC. The molecule has 4 heteroatoms. The van der Waals surface area contributed by atoms with Gasteiger partial charge in [0.1, 0.15) is 0 Å². The van der Waals surface area contributed by atoms with Crippen molar-refractivity contribution in [1.82, 2.24) is 0 Å². The van der Waals surface area contributed by atoms with Crippen molar-refractivity contribution in [2.75, 3.05) is 0 Å². The summed E-state index contributed by atoms with van der Waals surface area (Å²) in [5.74, 6) is -2.44. The number of esters is 2. The van der Waals surface area contributed by atoms with Crippen LogP contribution in [0, 0.1) is 11.3 Å². The van der Waals surface area contributed by atoms with E-state index in [-0.39, 0.29) is 5.92 Å². The standard InChI is InChI=1S/C16H26O4/c1-8-11-12(4)15(5,6)16(7,19-13(17)9-2)20-14(18)10-3/h9-10,12H,2-3,8,11H2,1,4-7H3. The van der Waals surface area contributed by atoms with E-state index in [9.17, 15) is 9.59 Å². The number of carbonyl (C=O) groups excluding carboxylic acids is 2. The maximum absolute atomic E-state index is 11.6. The van der Waals surface area contributed by atoms with Crippen molar-refractivity contribution in [3.05, 3.63) is 25.3 Å². The molecule has 0 aromatic rings. The van der Waals surface area contributed by atoms with E-state index in [1.54, 1.807) is 6.92 Å². The molecule has 0 N–H and O–H groups in total. The Balaban J connectivity index is 5.47. The Morgan fingerprint density at radius 2 is 1.50 bits per heavy atom. The lowest BCUT2D eigenvalue weighted by Crippen LogP contribution is -2.52. The molecule has 0 aliphatic heterocycles. The number of carbonyl (C=O) groups is 2. The Bertz CT molecular complexity index is 360. The fourth-order valence-corrected chi connectivity index (χ4v) is 1.99. The van der Waals surface area contributed by atoms with Crippen LogP contribution in [0.5, 0.6) is 0 Å². The minimum atomic E-state index is -1.38. The van der Waals surface area contributed by atoms with E-state index in [0.717, 1.165) is 25.0 Å². The molecule has 0 aromatic heterocycles. The summed E-state index contributed by atoms with van der Waals surface area (Å²) in [6.07, 6.45) is 4.03. The van der Waals surface area contributed by atoms with Crippen LogP contribution in [0.15, 0.2) is 25.3 Å². The summed E-state index contributed by atoms with van der Waals surface area (Å²) < 4.78 is 10.7. The van der Waals surface area contributed by atoms with Crippen LogP contribution in [0.4, 0.5) is 0 Å². The summed E-state index contributed by atoms with van der Waals surface area (Å²) in [7, 11) is 0. The van der Waals surface area contributed by atoms with Crippen LogP contribution >= 0.6 is 0 Å². The second-order valence-corrected chi connectivity index (χ2v) is 5.61. The Hall–Kier alpha value is -1.58. The molecule has 0 spiro atoms. The van der Waals surface area contributed by atoms with Gasteiger partial charge in [-0.3, -0.25) is 0 Å². The minimum Gasteiger partial charge on any atom is -0.419 e. The molecule has 0 aliphatic carbocycles. The highest BCUT2D eigenvalue weighted by Gasteiger charge is 2.50. The lowest BCUT2D eigenvalue weighted by atomic mass is 9.71. The highest BCUT2D eigenvalue weighted by Crippen LogP contribution is 2.43. The molecular formula is C16H26O4. The second kappa shape index (κ2) is 7.27. The third-order valence-electron chi connectivity index (χ3n) is 4.05. The van der Waals surface area contributed by atoms with Crippen molar-refractivity contribution >= 4 is 11.9 Å². The van der Waals surface area contributed by atoms with Gasteiger partial charge in [-0.25, -0.2) is 9.59 Å². The normalized spacial score (nSPS) is 13.2. The molecule has 0 saturated heterocycles. The van der Waals surface area contributed by atoms with Gasteiger partial charge < -0.3 is 9.47 Å². The number of hydrogen-bond acceptors (Lipinski definition) is 4. The second-order valence-electron chi connectivity index (χ2n) is 5.61. The molecule has 1 unspecified atom stereocenters. The van der Waals surface area contributed by atoms with E-state index >= 15 is 0 Å². The molecule has 0 amide bonds. The highest BCUT2D eigenvalue weighted by molar-refractivity contribution is 5.83. The molecule has 0 saturated carbocycles. The van der Waals surface area contributed by atoms with E-state index in [0.29, 0.717) is 0 Å². The van der Waals surface area contributed by atoms with Gasteiger partial charge in [-0.15, -0.1) is 0 Å². The van der Waals surface area contributed by atoms with Gasteiger partial charge in [0, 0.05) is 24.5 Å². The smallest absolute Gasteiger partial charge is 0.333 e. The van der Waals surface area contributed by atoms with Crippen molar-refractivity contribution in [3.8, 4) is 0 Å². The van der Waals surface area contributed by atoms with Crippen LogP contribution in [-0.2, 0) is 19.1 Å². The summed E-state index contributed by atoms with van der Waals surface area (Å²) in [4.78, 5) is 23.1. The van der Waals surface area contributed by atoms with Gasteiger partial charge in [-0.2, -0.15) is 0 Å². The molecule has 20 heavy (non-hydrogen) atoms. The summed E-state index contributed by atoms with van der Waals surface area (Å²) in [5, 5.41) is 0. The van der Waals surface area contributed by atoms with Crippen molar-refractivity contribution in [3.63, 3.8) is 0 Å². The molecule has 0 bridgehead atoms. The average Bonchev–Trinajstić information content (AvgIpc) is 2.38. The Morgan fingerprint density at radius 3 is 1.80 bits per heavy atom. The van der Waals surface area contributed by atoms with Crippen molar-refractivity contribution in [2.24, 2.45) is 11.3 Å². The van der Waals surface area contributed by atoms with Crippen molar-refractivity contribution < 1.29 is 19.1 Å². The fourth-order valence-electron chi connectivity index (χ4n) is 1.99. The van der Waals surface area contributed by atoms with Crippen LogP contribution in [-0.4, -0.2) is 17.7 Å². The number of hydrogen-bond donors (Lipinski definition) is 0. The number of rotatable bonds is 8. The van der Waals surface area contributed by atoms with Crippen LogP contribution in [0.25, 0.3) is 0 Å². The van der Waals surface area contributed by atoms with E-state index in [1.165, 1.54) is 0 Å². The molecule has 0 aliphatic rings. The van der Waals surface area contributed by atoms with Crippen LogP contribution in [0.2, 0.25) is 0 Å². The van der Waals surface area contributed by atoms with Crippen LogP contribution in [0.3, 0.4) is 0 Å². The summed E-state index contributed by atoms with van der Waals surface area (Å²) in [5.41, 5.74) is -0.555. The third kappa shape index (κ3) is 4.22. The minimum absolute atomic E-state index is 0.188. The van der Waals surface area contributed by atoms with E-state index < -0.39 is 23.1 Å². The molecule has 0 rings (SSSR count). The summed E-state index contributed by atoms with van der Waals surface area (Å²) in [6, 6.07) is 0. The summed E-state index contributed by atoms with van der Waals surface area (Å²) in [6.45, 7) is 16.3. The Labute approximate surface area is 121 Å². The first kappa shape index (κ1) is 18.4. The van der Waals surface area contributed by atoms with Gasteiger partial charge in [-0.1, -0.05) is 53.7 Å². The van der Waals surface area contributed by atoms with E-state index in [4.69, 9.17) is 9.47 Å². The molecule has 0 fully saturated rings. The van der Waals surface area contributed by atoms with Crippen molar-refractivity contribution in [2.45, 2.75) is 53.2 Å². The topological polar surface area (TPSA) is 52.6 Å². The van der Waals surface area contributed by atoms with E-state index in [2.05, 4.69) is 20.1 Å². The van der Waals surface area contributed by atoms with Gasteiger partial charge in [0.2, 0.25) is 0 Å². The molecular weight excluding hydrogens is 256 g/mol. The van der Waals surface area contributed by atoms with Gasteiger partial charge >= 0.3 is 11.9 Å². The number of ether oxygens (including phenoxy) is 2. The highest BCUT2D eigenvalue weighted by atomic mass is 16.7. The molecule has 0 aromatic carbocycles. The Kier molecular flexibility index (Phi) is 6.69. The zero-order valence-electron chi connectivity index (χ0n) is 13.2. The van der Waals surface area contributed by atoms with Gasteiger partial charge in [0.05, 0.1) is 0 Å². The van der Waals surface area contributed by atoms with Gasteiger partial charge in [0.25, 0.3) is 5.79 Å². The zero-order valence-corrected chi connectivity index (χ0v) is 13.2. The van der Waals surface area contributed by atoms with Crippen LogP contribution < -0.4 is 0 Å². The maximum Gasteiger partial charge on any atom is 0.333 e. The first-order chi connectivity index (χ1) is 9.14. The fraction of sp³-hybridized carbons (Fsp3) is 0.625. The molecule has 1 atom stereocenters. The Morgan fingerprint density at radius 1 is 1.10 bits per heavy atom. The van der Waals surface area contributed by atoms with Gasteiger partial charge in [-0.05, 0) is 5.92 Å². The quantitative estimate of drug-likeness (QED) is 0.387. The predicted octanol–water partition coefficient (Wildman–Crippen LogP) is 3.62. The van der Waals surface area contributed by atoms with E-state index in [1.807, 2.05) is 20.8 Å². The average molecular weight is 282 g/mol.